The third-order valence-corrected chi connectivity index (χ3v) is 3.56. The molecule has 0 aliphatic rings. The smallest absolute Gasteiger partial charge is 0.271 e. The summed E-state index contributed by atoms with van der Waals surface area (Å²) in [5.74, 6) is 0.0339. The van der Waals surface area contributed by atoms with Crippen molar-refractivity contribution in [3.8, 4) is 11.5 Å². The van der Waals surface area contributed by atoms with Gasteiger partial charge in [-0.05, 0) is 11.1 Å². The van der Waals surface area contributed by atoms with Crippen LogP contribution in [0, 0.1) is 0 Å². The minimum absolute atomic E-state index is 0.0569. The highest BCUT2D eigenvalue weighted by molar-refractivity contribution is 5.94. The summed E-state index contributed by atoms with van der Waals surface area (Å²) < 4.78 is 11.6. The lowest BCUT2D eigenvalue weighted by molar-refractivity contribution is 0.0989. The van der Waals surface area contributed by atoms with Gasteiger partial charge in [0.25, 0.3) is 5.91 Å². The van der Waals surface area contributed by atoms with Gasteiger partial charge in [0.15, 0.2) is 17.2 Å². The van der Waals surface area contributed by atoms with E-state index in [0.29, 0.717) is 12.4 Å². The lowest BCUT2D eigenvalue weighted by Crippen LogP contribution is -2.16. The summed E-state index contributed by atoms with van der Waals surface area (Å²) in [4.78, 5) is 15.7. The molecule has 0 saturated heterocycles. The average Bonchev–Trinajstić information content (AvgIpc) is 2.66. The third kappa shape index (κ3) is 4.35. The molecule has 0 fully saturated rings. The van der Waals surface area contributed by atoms with E-state index < -0.39 is 5.91 Å². The molecule has 0 bridgehead atoms. The number of nitrogens with zero attached hydrogens (tertiary/aromatic N) is 1. The minimum Gasteiger partial charge on any atom is -0.485 e. The SMILES string of the molecule is NC(=O)c1nccc(OCc2ccccc2)c1OCc1ccccc1. The van der Waals surface area contributed by atoms with E-state index in [-0.39, 0.29) is 18.1 Å². The fourth-order valence-electron chi connectivity index (χ4n) is 2.32. The summed E-state index contributed by atoms with van der Waals surface area (Å²) in [5, 5.41) is 0. The highest BCUT2D eigenvalue weighted by Crippen LogP contribution is 2.31. The number of rotatable bonds is 7. The Morgan fingerprint density at radius 1 is 0.840 bits per heavy atom. The van der Waals surface area contributed by atoms with Crippen molar-refractivity contribution in [1.82, 2.24) is 4.98 Å². The lowest BCUT2D eigenvalue weighted by atomic mass is 10.2. The van der Waals surface area contributed by atoms with Crippen molar-refractivity contribution in [1.29, 1.82) is 0 Å². The monoisotopic (exact) mass is 334 g/mol. The molecule has 5 nitrogen and oxygen atoms in total. The largest absolute Gasteiger partial charge is 0.485 e. The van der Waals surface area contributed by atoms with E-state index in [2.05, 4.69) is 4.98 Å². The molecule has 25 heavy (non-hydrogen) atoms. The van der Waals surface area contributed by atoms with Gasteiger partial charge in [-0.3, -0.25) is 4.79 Å². The van der Waals surface area contributed by atoms with E-state index in [4.69, 9.17) is 15.2 Å². The highest BCUT2D eigenvalue weighted by Gasteiger charge is 2.17. The number of hydrogen-bond acceptors (Lipinski definition) is 4. The third-order valence-electron chi connectivity index (χ3n) is 3.56. The molecule has 2 aromatic carbocycles. The van der Waals surface area contributed by atoms with Crippen LogP contribution in [0.3, 0.4) is 0 Å². The Labute approximate surface area is 146 Å². The molecular weight excluding hydrogens is 316 g/mol. The maximum Gasteiger partial charge on any atom is 0.271 e. The molecule has 0 aliphatic heterocycles. The standard InChI is InChI=1S/C20H18N2O3/c21-20(23)18-19(25-14-16-9-5-2-6-10-16)17(11-12-22-18)24-13-15-7-3-1-4-8-15/h1-12H,13-14H2,(H2,21,23). The summed E-state index contributed by atoms with van der Waals surface area (Å²) in [5.41, 5.74) is 7.46. The Morgan fingerprint density at radius 2 is 1.40 bits per heavy atom. The van der Waals surface area contributed by atoms with Crippen LogP contribution in [-0.4, -0.2) is 10.9 Å². The quantitative estimate of drug-likeness (QED) is 0.719. The first-order valence-corrected chi connectivity index (χ1v) is 7.86. The molecule has 3 rings (SSSR count). The molecule has 0 unspecified atom stereocenters. The first kappa shape index (κ1) is 16.5. The second-order valence-electron chi connectivity index (χ2n) is 5.40. The van der Waals surface area contributed by atoms with Gasteiger partial charge in [-0.15, -0.1) is 0 Å². The van der Waals surface area contributed by atoms with E-state index >= 15 is 0 Å². The van der Waals surface area contributed by atoms with E-state index in [9.17, 15) is 4.79 Å². The molecule has 1 heterocycles. The number of pyridine rings is 1. The summed E-state index contributed by atoms with van der Waals surface area (Å²) in [7, 11) is 0. The van der Waals surface area contributed by atoms with Gasteiger partial charge in [-0.25, -0.2) is 4.98 Å². The van der Waals surface area contributed by atoms with Crippen molar-refractivity contribution in [2.45, 2.75) is 13.2 Å². The molecule has 0 radical (unpaired) electrons. The van der Waals surface area contributed by atoms with Gasteiger partial charge in [0, 0.05) is 12.3 Å². The first-order valence-electron chi connectivity index (χ1n) is 7.86. The van der Waals surface area contributed by atoms with Crippen LogP contribution >= 0.6 is 0 Å². The van der Waals surface area contributed by atoms with Crippen LogP contribution in [0.15, 0.2) is 72.9 Å². The van der Waals surface area contributed by atoms with Gasteiger partial charge in [0.05, 0.1) is 0 Å². The van der Waals surface area contributed by atoms with Gasteiger partial charge in [0.1, 0.15) is 13.2 Å². The van der Waals surface area contributed by atoms with Gasteiger partial charge in [-0.1, -0.05) is 60.7 Å². The predicted octanol–water partition coefficient (Wildman–Crippen LogP) is 3.34. The topological polar surface area (TPSA) is 74.4 Å². The molecule has 0 saturated carbocycles. The van der Waals surface area contributed by atoms with Crippen molar-refractivity contribution >= 4 is 5.91 Å². The van der Waals surface area contributed by atoms with Gasteiger partial charge < -0.3 is 15.2 Å². The number of carbonyl (C=O) groups excluding carboxylic acids is 1. The van der Waals surface area contributed by atoms with Crippen LogP contribution in [0.5, 0.6) is 11.5 Å². The summed E-state index contributed by atoms with van der Waals surface area (Å²) >= 11 is 0. The first-order chi connectivity index (χ1) is 12.2. The van der Waals surface area contributed by atoms with Crippen molar-refractivity contribution in [3.63, 3.8) is 0 Å². The van der Waals surface area contributed by atoms with Crippen molar-refractivity contribution in [2.75, 3.05) is 0 Å². The second kappa shape index (κ2) is 7.97. The molecule has 1 amide bonds. The molecule has 0 atom stereocenters. The van der Waals surface area contributed by atoms with Crippen molar-refractivity contribution in [2.24, 2.45) is 5.73 Å². The lowest BCUT2D eigenvalue weighted by Gasteiger charge is -2.14. The normalized spacial score (nSPS) is 10.2. The van der Waals surface area contributed by atoms with Crippen LogP contribution in [0.1, 0.15) is 21.6 Å². The predicted molar refractivity (Wildman–Crippen MR) is 94.3 cm³/mol. The molecule has 0 aliphatic carbocycles. The van der Waals surface area contributed by atoms with Crippen molar-refractivity contribution < 1.29 is 14.3 Å². The summed E-state index contributed by atoms with van der Waals surface area (Å²) in [6.45, 7) is 0.638. The molecule has 3 aromatic rings. The zero-order chi connectivity index (χ0) is 17.5. The molecule has 5 heteroatoms. The van der Waals surface area contributed by atoms with Gasteiger partial charge in [0.2, 0.25) is 0 Å². The van der Waals surface area contributed by atoms with E-state index in [0.717, 1.165) is 11.1 Å². The van der Waals surface area contributed by atoms with Crippen LogP contribution in [0.4, 0.5) is 0 Å². The molecular formula is C20H18N2O3. The molecule has 2 N–H and O–H groups in total. The number of hydrogen-bond donors (Lipinski definition) is 1. The number of carbonyl (C=O) groups is 1. The molecule has 0 spiro atoms. The fraction of sp³-hybridized carbons (Fsp3) is 0.100. The maximum absolute atomic E-state index is 11.7. The average molecular weight is 334 g/mol. The maximum atomic E-state index is 11.7. The van der Waals surface area contributed by atoms with E-state index in [1.54, 1.807) is 6.07 Å². The number of amides is 1. The Hall–Kier alpha value is -3.34. The fourth-order valence-corrected chi connectivity index (χ4v) is 2.32. The molecule has 1 aromatic heterocycles. The van der Waals surface area contributed by atoms with Crippen molar-refractivity contribution in [3.05, 3.63) is 89.7 Å². The second-order valence-corrected chi connectivity index (χ2v) is 5.40. The summed E-state index contributed by atoms with van der Waals surface area (Å²) in [6, 6.07) is 21.0. The number of aromatic nitrogens is 1. The summed E-state index contributed by atoms with van der Waals surface area (Å²) in [6.07, 6.45) is 1.48. The van der Waals surface area contributed by atoms with E-state index in [1.807, 2.05) is 60.7 Å². The number of benzene rings is 2. The van der Waals surface area contributed by atoms with Crippen LogP contribution in [0.2, 0.25) is 0 Å². The minimum atomic E-state index is -0.659. The highest BCUT2D eigenvalue weighted by atomic mass is 16.5. The van der Waals surface area contributed by atoms with Gasteiger partial charge in [-0.2, -0.15) is 0 Å². The zero-order valence-corrected chi connectivity index (χ0v) is 13.6. The Balaban J connectivity index is 1.81. The zero-order valence-electron chi connectivity index (χ0n) is 13.6. The molecule has 126 valence electrons. The number of nitrogens with two attached hydrogens (primary N) is 1. The van der Waals surface area contributed by atoms with Crippen LogP contribution in [-0.2, 0) is 13.2 Å². The Morgan fingerprint density at radius 3 is 1.96 bits per heavy atom. The van der Waals surface area contributed by atoms with Crippen LogP contribution in [0.25, 0.3) is 0 Å². The van der Waals surface area contributed by atoms with Crippen LogP contribution < -0.4 is 15.2 Å². The Bertz CT molecular complexity index is 836. The number of primary amides is 1. The number of ether oxygens (including phenoxy) is 2. The van der Waals surface area contributed by atoms with Gasteiger partial charge >= 0.3 is 0 Å². The van der Waals surface area contributed by atoms with E-state index in [1.165, 1.54) is 6.20 Å². The Kier molecular flexibility index (Phi) is 5.26.